The fourth-order valence-electron chi connectivity index (χ4n) is 1.99. The third kappa shape index (κ3) is 2.31. The van der Waals surface area contributed by atoms with Gasteiger partial charge in [0.1, 0.15) is 0 Å². The van der Waals surface area contributed by atoms with E-state index in [0.717, 1.165) is 22.2 Å². The lowest BCUT2D eigenvalue weighted by Crippen LogP contribution is -2.71. The Hall–Kier alpha value is -1.43. The molecule has 0 bridgehead atoms. The van der Waals surface area contributed by atoms with E-state index in [2.05, 4.69) is 10.7 Å². The maximum absolute atomic E-state index is 12.6. The number of nitrogens with one attached hydrogen (secondary N) is 1. The van der Waals surface area contributed by atoms with E-state index < -0.39 is 12.9 Å². The number of fused-ring (bicyclic) bond motifs is 1. The average molecular weight is 242 g/mol. The number of rotatable bonds is 3. The SMILES string of the molecule is Cc1[nH]c2ccccc2c1CC([NH3+])[B-](F)(F)F. The largest absolute Gasteiger partial charge is 0.535 e. The number of benzene rings is 1. The van der Waals surface area contributed by atoms with E-state index in [1.807, 2.05) is 24.3 Å². The second-order valence-electron chi connectivity index (χ2n) is 4.36. The molecule has 2 rings (SSSR count). The maximum atomic E-state index is 12.6. The molecule has 0 radical (unpaired) electrons. The van der Waals surface area contributed by atoms with Gasteiger partial charge in [-0.05, 0) is 18.6 Å². The summed E-state index contributed by atoms with van der Waals surface area (Å²) in [6, 6.07) is 7.39. The van der Waals surface area contributed by atoms with Crippen LogP contribution in [0.25, 0.3) is 10.9 Å². The minimum Gasteiger partial charge on any atom is -0.445 e. The first kappa shape index (κ1) is 12.0. The Kier molecular flexibility index (Phi) is 2.91. The lowest BCUT2D eigenvalue weighted by Gasteiger charge is -2.19. The smallest absolute Gasteiger partial charge is 0.445 e. The molecule has 0 aliphatic heterocycles. The van der Waals surface area contributed by atoms with Gasteiger partial charge in [-0.3, -0.25) is 0 Å². The average Bonchev–Trinajstić information content (AvgIpc) is 2.54. The van der Waals surface area contributed by atoms with Crippen molar-refractivity contribution in [1.29, 1.82) is 0 Å². The van der Waals surface area contributed by atoms with Crippen LogP contribution in [0, 0.1) is 6.92 Å². The third-order valence-electron chi connectivity index (χ3n) is 3.03. The van der Waals surface area contributed by atoms with Gasteiger partial charge in [0.05, 0.1) is 5.94 Å². The number of hydrogen-bond donors (Lipinski definition) is 2. The highest BCUT2D eigenvalue weighted by Crippen LogP contribution is 2.25. The summed E-state index contributed by atoms with van der Waals surface area (Å²) in [7, 11) is 0. The molecule has 0 aliphatic rings. The van der Waals surface area contributed by atoms with E-state index in [9.17, 15) is 12.9 Å². The van der Waals surface area contributed by atoms with Gasteiger partial charge in [0.2, 0.25) is 0 Å². The van der Waals surface area contributed by atoms with Crippen molar-refractivity contribution in [1.82, 2.24) is 4.98 Å². The van der Waals surface area contributed by atoms with Gasteiger partial charge in [0, 0.05) is 23.0 Å². The molecule has 4 N–H and O–H groups in total. The van der Waals surface area contributed by atoms with Crippen molar-refractivity contribution in [3.05, 3.63) is 35.5 Å². The molecular weight excluding hydrogens is 228 g/mol. The minimum atomic E-state index is -4.88. The molecule has 92 valence electrons. The van der Waals surface area contributed by atoms with Gasteiger partial charge in [-0.1, -0.05) is 18.2 Å². The van der Waals surface area contributed by atoms with E-state index in [0.29, 0.717) is 0 Å². The highest BCUT2D eigenvalue weighted by molar-refractivity contribution is 6.59. The maximum Gasteiger partial charge on any atom is 0.535 e. The monoisotopic (exact) mass is 242 g/mol. The second kappa shape index (κ2) is 4.11. The summed E-state index contributed by atoms with van der Waals surface area (Å²) in [6.45, 7) is -3.08. The number of aromatic nitrogens is 1. The summed E-state index contributed by atoms with van der Waals surface area (Å²) >= 11 is 0. The Labute approximate surface area is 97.1 Å². The molecule has 0 amide bonds. The number of aromatic amines is 1. The molecule has 0 saturated heterocycles. The number of para-hydroxylation sites is 1. The fraction of sp³-hybridized carbons (Fsp3) is 0.273. The van der Waals surface area contributed by atoms with E-state index in [1.165, 1.54) is 0 Å². The molecule has 17 heavy (non-hydrogen) atoms. The molecule has 0 spiro atoms. The lowest BCUT2D eigenvalue weighted by atomic mass is 9.76. The molecule has 2 nitrogen and oxygen atoms in total. The van der Waals surface area contributed by atoms with E-state index in [-0.39, 0.29) is 6.42 Å². The van der Waals surface area contributed by atoms with Crippen LogP contribution < -0.4 is 5.73 Å². The summed E-state index contributed by atoms with van der Waals surface area (Å²) in [5.74, 6) is -1.51. The Morgan fingerprint density at radius 1 is 1.29 bits per heavy atom. The van der Waals surface area contributed by atoms with E-state index in [1.54, 1.807) is 6.92 Å². The van der Waals surface area contributed by atoms with E-state index >= 15 is 0 Å². The van der Waals surface area contributed by atoms with Crippen LogP contribution in [-0.2, 0) is 6.42 Å². The zero-order valence-corrected chi connectivity index (χ0v) is 9.51. The highest BCUT2D eigenvalue weighted by atomic mass is 19.4. The summed E-state index contributed by atoms with van der Waals surface area (Å²) in [6.07, 6.45) is -0.0562. The van der Waals surface area contributed by atoms with Crippen molar-refractivity contribution in [3.63, 3.8) is 0 Å². The number of quaternary nitrogens is 1. The molecule has 1 aromatic carbocycles. The van der Waals surface area contributed by atoms with Crippen LogP contribution in [0.1, 0.15) is 11.3 Å². The van der Waals surface area contributed by atoms with Crippen molar-refractivity contribution in [2.45, 2.75) is 19.3 Å². The fourth-order valence-corrected chi connectivity index (χ4v) is 1.99. The Balaban J connectivity index is 2.39. The first-order valence-electron chi connectivity index (χ1n) is 5.49. The van der Waals surface area contributed by atoms with Crippen LogP contribution in [0.5, 0.6) is 0 Å². The van der Waals surface area contributed by atoms with Gasteiger partial charge in [-0.15, -0.1) is 0 Å². The van der Waals surface area contributed by atoms with Gasteiger partial charge in [0.25, 0.3) is 0 Å². The molecule has 0 fully saturated rings. The van der Waals surface area contributed by atoms with Crippen molar-refractivity contribution in [2.24, 2.45) is 0 Å². The van der Waals surface area contributed by atoms with Crippen LogP contribution in [-0.4, -0.2) is 17.9 Å². The van der Waals surface area contributed by atoms with Crippen LogP contribution in [0.15, 0.2) is 24.3 Å². The molecular formula is C11H14BF3N2. The first-order chi connectivity index (χ1) is 7.89. The zero-order chi connectivity index (χ0) is 12.6. The van der Waals surface area contributed by atoms with Crippen LogP contribution >= 0.6 is 0 Å². The van der Waals surface area contributed by atoms with Gasteiger partial charge in [0.15, 0.2) is 0 Å². The molecule has 0 aliphatic carbocycles. The zero-order valence-electron chi connectivity index (χ0n) is 9.51. The second-order valence-corrected chi connectivity index (χ2v) is 4.36. The van der Waals surface area contributed by atoms with Gasteiger partial charge >= 0.3 is 6.98 Å². The van der Waals surface area contributed by atoms with Crippen LogP contribution in [0.3, 0.4) is 0 Å². The van der Waals surface area contributed by atoms with Crippen molar-refractivity contribution < 1.29 is 18.7 Å². The van der Waals surface area contributed by atoms with Crippen molar-refractivity contribution in [3.8, 4) is 0 Å². The summed E-state index contributed by atoms with van der Waals surface area (Å²) in [5, 5.41) is 0.860. The Morgan fingerprint density at radius 2 is 1.94 bits per heavy atom. The van der Waals surface area contributed by atoms with E-state index in [4.69, 9.17) is 0 Å². The number of hydrogen-bond acceptors (Lipinski definition) is 0. The molecule has 0 saturated carbocycles. The molecule has 1 aromatic heterocycles. The lowest BCUT2D eigenvalue weighted by molar-refractivity contribution is -0.399. The normalized spacial score (nSPS) is 14.2. The van der Waals surface area contributed by atoms with Crippen LogP contribution in [0.4, 0.5) is 12.9 Å². The van der Waals surface area contributed by atoms with Gasteiger partial charge in [-0.2, -0.15) is 0 Å². The van der Waals surface area contributed by atoms with Crippen LogP contribution in [0.2, 0.25) is 0 Å². The van der Waals surface area contributed by atoms with Crippen molar-refractivity contribution >= 4 is 17.9 Å². The minimum absolute atomic E-state index is 0.0562. The number of aryl methyl sites for hydroxylation is 1. The number of halogens is 3. The molecule has 1 heterocycles. The predicted octanol–water partition coefficient (Wildman–Crippen LogP) is 2.02. The quantitative estimate of drug-likeness (QED) is 0.773. The Morgan fingerprint density at radius 3 is 2.59 bits per heavy atom. The highest BCUT2D eigenvalue weighted by Gasteiger charge is 2.36. The standard InChI is InChI=1S/C11H13BF3N2/c1-7-9(6-11(16)12(13,14)15)8-4-2-3-5-10(8)17-7/h2-5,11,17H,6,16H2,1H3/q-1/p+1. The Bertz CT molecular complexity index is 533. The molecule has 6 heteroatoms. The summed E-state index contributed by atoms with van der Waals surface area (Å²) in [4.78, 5) is 3.10. The third-order valence-corrected chi connectivity index (χ3v) is 3.03. The topological polar surface area (TPSA) is 43.4 Å². The predicted molar refractivity (Wildman–Crippen MR) is 62.5 cm³/mol. The van der Waals surface area contributed by atoms with Gasteiger partial charge < -0.3 is 23.7 Å². The number of H-pyrrole nitrogens is 1. The molecule has 1 unspecified atom stereocenters. The molecule has 1 atom stereocenters. The molecule has 2 aromatic rings. The summed E-state index contributed by atoms with van der Waals surface area (Å²) < 4.78 is 37.7. The first-order valence-corrected chi connectivity index (χ1v) is 5.49. The van der Waals surface area contributed by atoms with Crippen molar-refractivity contribution in [2.75, 3.05) is 0 Å². The van der Waals surface area contributed by atoms with Gasteiger partial charge in [-0.25, -0.2) is 0 Å². The summed E-state index contributed by atoms with van der Waals surface area (Å²) in [5.41, 5.74) is 5.61.